The van der Waals surface area contributed by atoms with Crippen LogP contribution in [-0.2, 0) is 10.0 Å². The van der Waals surface area contributed by atoms with Crippen LogP contribution in [0.15, 0.2) is 150 Å². The largest absolute Gasteiger partial charge is 0.518 e. The van der Waals surface area contributed by atoms with Gasteiger partial charge in [-0.05, 0) is 51.1 Å². The van der Waals surface area contributed by atoms with Crippen LogP contribution in [0.3, 0.4) is 0 Å². The highest BCUT2D eigenvalue weighted by Crippen LogP contribution is 2.43. The van der Waals surface area contributed by atoms with E-state index in [4.69, 9.17) is 0 Å². The van der Waals surface area contributed by atoms with Crippen LogP contribution in [0.2, 0.25) is 0 Å². The molecule has 210 valence electrons. The first kappa shape index (κ1) is 28.8. The maximum Gasteiger partial charge on any atom is 0.518 e. The van der Waals surface area contributed by atoms with Crippen LogP contribution < -0.4 is 0 Å². The second kappa shape index (κ2) is 12.4. The smallest absolute Gasteiger partial charge is 0.195 e. The summed E-state index contributed by atoms with van der Waals surface area (Å²) < 4.78 is 68.3. The van der Waals surface area contributed by atoms with Crippen molar-refractivity contribution in [2.45, 2.75) is 5.51 Å². The highest BCUT2D eigenvalue weighted by Gasteiger charge is 2.46. The fourth-order valence-electron chi connectivity index (χ4n) is 4.85. The van der Waals surface area contributed by atoms with Crippen LogP contribution in [-0.4, -0.2) is 19.6 Å². The minimum absolute atomic E-state index is 0.228. The molecule has 1 aliphatic carbocycles. The van der Waals surface area contributed by atoms with Crippen molar-refractivity contribution < 1.29 is 21.6 Å². The summed E-state index contributed by atoms with van der Waals surface area (Å²) in [7, 11) is -5.79. The van der Waals surface area contributed by atoms with Crippen molar-refractivity contribution in [3.05, 3.63) is 168 Å². The number of nitrogens with zero attached hydrogens (tertiary/aromatic N) is 1. The zero-order valence-corrected chi connectivity index (χ0v) is 23.1. The highest BCUT2D eigenvalue weighted by atomic mass is 32.2. The first-order valence-electron chi connectivity index (χ1n) is 13.2. The predicted octanol–water partition coefficient (Wildman–Crippen LogP) is 8.87. The molecule has 1 aliphatic rings. The number of halogens is 3. The van der Waals surface area contributed by atoms with Crippen molar-refractivity contribution >= 4 is 38.5 Å². The summed E-state index contributed by atoms with van der Waals surface area (Å²) in [6, 6.07) is 38.2. The number of allylic oxidation sites excluding steroid dienone is 7. The molecule has 0 saturated heterocycles. The Morgan fingerprint density at radius 1 is 0.667 bits per heavy atom. The number of benzene rings is 4. The number of alkyl halides is 3. The van der Waals surface area contributed by atoms with E-state index in [-0.39, 0.29) is 5.71 Å². The second-order valence-corrected chi connectivity index (χ2v) is 11.1. The lowest BCUT2D eigenvalue weighted by Gasteiger charge is -2.26. The van der Waals surface area contributed by atoms with Gasteiger partial charge in [0.25, 0.3) is 0 Å². The molecule has 4 aromatic rings. The normalized spacial score (nSPS) is 17.3. The van der Waals surface area contributed by atoms with Gasteiger partial charge in [-0.25, -0.2) is 0 Å². The van der Waals surface area contributed by atoms with E-state index in [1.165, 1.54) is 12.2 Å². The molecule has 0 aliphatic heterocycles. The lowest BCUT2D eigenvalue weighted by Crippen LogP contribution is -2.25. The SMILES string of the molecule is O=S(=O)(/N=C1/C=CC=CC1/C(=C(\C(=Cc1ccccc1)c1ccccc1)c1ccccc1)c1ccccc1)C(F)(F)F. The summed E-state index contributed by atoms with van der Waals surface area (Å²) in [5, 5.41) is 0. The van der Waals surface area contributed by atoms with Gasteiger partial charge >= 0.3 is 15.5 Å². The Hall–Kier alpha value is -4.75. The Morgan fingerprint density at radius 3 is 1.71 bits per heavy atom. The molecule has 3 nitrogen and oxygen atoms in total. The molecule has 0 N–H and O–H groups in total. The van der Waals surface area contributed by atoms with Crippen molar-refractivity contribution in [2.24, 2.45) is 10.3 Å². The molecule has 0 bridgehead atoms. The summed E-state index contributed by atoms with van der Waals surface area (Å²) in [6.45, 7) is 0. The molecule has 0 heterocycles. The van der Waals surface area contributed by atoms with E-state index < -0.39 is 21.4 Å². The Bertz CT molecular complexity index is 1790. The van der Waals surface area contributed by atoms with Gasteiger partial charge in [-0.3, -0.25) is 0 Å². The van der Waals surface area contributed by atoms with Gasteiger partial charge in [-0.1, -0.05) is 140 Å². The maximum absolute atomic E-state index is 13.5. The van der Waals surface area contributed by atoms with Crippen molar-refractivity contribution in [3.8, 4) is 0 Å². The average molecular weight is 582 g/mol. The van der Waals surface area contributed by atoms with Crippen molar-refractivity contribution in [3.63, 3.8) is 0 Å². The first-order valence-corrected chi connectivity index (χ1v) is 14.6. The number of sulfonamides is 1. The maximum atomic E-state index is 13.5. The molecule has 0 radical (unpaired) electrons. The Labute approximate surface area is 243 Å². The van der Waals surface area contributed by atoms with E-state index in [9.17, 15) is 21.6 Å². The van der Waals surface area contributed by atoms with E-state index >= 15 is 0 Å². The molecule has 0 fully saturated rings. The predicted molar refractivity (Wildman–Crippen MR) is 165 cm³/mol. The molecule has 1 unspecified atom stereocenters. The van der Waals surface area contributed by atoms with Crippen molar-refractivity contribution in [2.75, 3.05) is 0 Å². The molecule has 7 heteroatoms. The van der Waals surface area contributed by atoms with Gasteiger partial charge in [0.2, 0.25) is 0 Å². The zero-order valence-electron chi connectivity index (χ0n) is 22.3. The van der Waals surface area contributed by atoms with E-state index in [0.717, 1.165) is 27.8 Å². The molecule has 42 heavy (non-hydrogen) atoms. The van der Waals surface area contributed by atoms with Gasteiger partial charge in [-0.15, -0.1) is 0 Å². The highest BCUT2D eigenvalue weighted by molar-refractivity contribution is 7.91. The minimum Gasteiger partial charge on any atom is -0.195 e. The van der Waals surface area contributed by atoms with Crippen molar-refractivity contribution in [1.82, 2.24) is 0 Å². The van der Waals surface area contributed by atoms with E-state index in [0.29, 0.717) is 11.1 Å². The molecule has 1 atom stereocenters. The number of hydrogen-bond acceptors (Lipinski definition) is 2. The lowest BCUT2D eigenvalue weighted by molar-refractivity contribution is -0.0435. The van der Waals surface area contributed by atoms with E-state index in [2.05, 4.69) is 4.40 Å². The van der Waals surface area contributed by atoms with Crippen LogP contribution in [0.1, 0.15) is 22.3 Å². The van der Waals surface area contributed by atoms with Gasteiger partial charge < -0.3 is 0 Å². The second-order valence-electron chi connectivity index (χ2n) is 9.51. The van der Waals surface area contributed by atoms with Gasteiger partial charge in [-0.2, -0.15) is 26.0 Å². The van der Waals surface area contributed by atoms with Crippen LogP contribution >= 0.6 is 0 Å². The fraction of sp³-hybridized carbons (Fsp3) is 0.0571. The average Bonchev–Trinajstić information content (AvgIpc) is 3.00. The summed E-state index contributed by atoms with van der Waals surface area (Å²) in [6.07, 6.45) is 8.22. The Balaban J connectivity index is 1.91. The van der Waals surface area contributed by atoms with Crippen LogP contribution in [0.25, 0.3) is 22.8 Å². The van der Waals surface area contributed by atoms with Gasteiger partial charge in [0.15, 0.2) is 0 Å². The molecule has 0 aromatic heterocycles. The number of rotatable bonds is 7. The van der Waals surface area contributed by atoms with Crippen LogP contribution in [0, 0.1) is 5.92 Å². The van der Waals surface area contributed by atoms with Gasteiger partial charge in [0, 0.05) is 5.92 Å². The molecule has 0 saturated carbocycles. The number of hydrogen-bond donors (Lipinski definition) is 0. The summed E-state index contributed by atoms with van der Waals surface area (Å²) in [4.78, 5) is 0. The summed E-state index contributed by atoms with van der Waals surface area (Å²) in [5.74, 6) is -0.910. The molecular weight excluding hydrogens is 555 g/mol. The topological polar surface area (TPSA) is 46.5 Å². The van der Waals surface area contributed by atoms with E-state index in [1.54, 1.807) is 12.2 Å². The van der Waals surface area contributed by atoms with Gasteiger partial charge in [0.05, 0.1) is 5.71 Å². The minimum atomic E-state index is -5.79. The third-order valence-electron chi connectivity index (χ3n) is 6.71. The van der Waals surface area contributed by atoms with Gasteiger partial charge in [0.1, 0.15) is 0 Å². The first-order chi connectivity index (χ1) is 20.2. The quantitative estimate of drug-likeness (QED) is 0.162. The summed E-state index contributed by atoms with van der Waals surface area (Å²) >= 11 is 0. The zero-order chi connectivity index (χ0) is 29.6. The third-order valence-corrected chi connectivity index (χ3v) is 7.75. The molecule has 0 spiro atoms. The molecular formula is C35H26F3NO2S. The fourth-order valence-corrected chi connectivity index (χ4v) is 5.40. The molecule has 5 rings (SSSR count). The van der Waals surface area contributed by atoms with Crippen LogP contribution in [0.5, 0.6) is 0 Å². The summed E-state index contributed by atoms with van der Waals surface area (Å²) in [5.41, 5.74) is -0.265. The van der Waals surface area contributed by atoms with E-state index in [1.807, 2.05) is 127 Å². The Morgan fingerprint density at radius 2 is 1.17 bits per heavy atom. The van der Waals surface area contributed by atoms with Crippen molar-refractivity contribution in [1.29, 1.82) is 0 Å². The molecule has 0 amide bonds. The molecule has 4 aromatic carbocycles. The standard InChI is InChI=1S/C35H26F3NO2S/c36-35(37,38)42(40,41)39-32-24-14-13-23-30(32)33(28-19-9-3-10-20-28)34(29-21-11-4-12-22-29)31(27-17-7-2-8-18-27)25-26-15-5-1-6-16-26/h1-25,30H/b31-25?,34-33-,39-32-. The van der Waals surface area contributed by atoms with Crippen LogP contribution in [0.4, 0.5) is 13.2 Å². The lowest BCUT2D eigenvalue weighted by atomic mass is 9.77. The third kappa shape index (κ3) is 6.42. The Kier molecular flexibility index (Phi) is 8.50. The monoisotopic (exact) mass is 581 g/mol.